The zero-order chi connectivity index (χ0) is 17.9. The SMILES string of the molecule is CCCCN(CC)C(CCOc1cccc2ccccc12)COCC. The Kier molecular flexibility index (Phi) is 8.78. The molecule has 0 aliphatic rings. The van der Waals surface area contributed by atoms with Gasteiger partial charge in [0.2, 0.25) is 0 Å². The Labute approximate surface area is 152 Å². The van der Waals surface area contributed by atoms with Crippen LogP contribution < -0.4 is 4.74 Å². The lowest BCUT2D eigenvalue weighted by Crippen LogP contribution is -2.40. The minimum Gasteiger partial charge on any atom is -0.493 e. The van der Waals surface area contributed by atoms with Crippen LogP contribution in [0.2, 0.25) is 0 Å². The number of ether oxygens (including phenoxy) is 2. The van der Waals surface area contributed by atoms with Gasteiger partial charge in [0.15, 0.2) is 0 Å². The van der Waals surface area contributed by atoms with Gasteiger partial charge in [0.25, 0.3) is 0 Å². The van der Waals surface area contributed by atoms with Gasteiger partial charge in [-0.05, 0) is 44.3 Å². The van der Waals surface area contributed by atoms with Gasteiger partial charge in [0, 0.05) is 18.0 Å². The Morgan fingerprint density at radius 3 is 2.56 bits per heavy atom. The molecule has 0 radical (unpaired) electrons. The topological polar surface area (TPSA) is 21.7 Å². The summed E-state index contributed by atoms with van der Waals surface area (Å²) in [5, 5.41) is 2.41. The van der Waals surface area contributed by atoms with Crippen molar-refractivity contribution in [2.75, 3.05) is 32.9 Å². The molecule has 0 aromatic heterocycles. The summed E-state index contributed by atoms with van der Waals surface area (Å²) in [6.45, 7) is 11.0. The molecule has 1 unspecified atom stereocenters. The lowest BCUT2D eigenvalue weighted by Gasteiger charge is -2.30. The number of unbranched alkanes of at least 4 members (excludes halogenated alkanes) is 1. The summed E-state index contributed by atoms with van der Waals surface area (Å²) in [7, 11) is 0. The van der Waals surface area contributed by atoms with Crippen molar-refractivity contribution >= 4 is 10.8 Å². The van der Waals surface area contributed by atoms with Crippen LogP contribution in [0.15, 0.2) is 42.5 Å². The largest absolute Gasteiger partial charge is 0.493 e. The molecule has 2 rings (SSSR count). The van der Waals surface area contributed by atoms with E-state index in [2.05, 4.69) is 68.1 Å². The Morgan fingerprint density at radius 1 is 1.00 bits per heavy atom. The Hall–Kier alpha value is -1.58. The third-order valence-electron chi connectivity index (χ3n) is 4.69. The maximum Gasteiger partial charge on any atom is 0.127 e. The molecule has 138 valence electrons. The second kappa shape index (κ2) is 11.1. The van der Waals surface area contributed by atoms with Crippen molar-refractivity contribution in [3.63, 3.8) is 0 Å². The Balaban J connectivity index is 1.96. The van der Waals surface area contributed by atoms with Gasteiger partial charge in [-0.2, -0.15) is 0 Å². The summed E-state index contributed by atoms with van der Waals surface area (Å²) in [4.78, 5) is 2.53. The molecule has 2 aromatic carbocycles. The molecule has 0 saturated carbocycles. The van der Waals surface area contributed by atoms with Gasteiger partial charge in [-0.1, -0.05) is 56.7 Å². The molecule has 2 aromatic rings. The van der Waals surface area contributed by atoms with E-state index in [4.69, 9.17) is 9.47 Å². The zero-order valence-corrected chi connectivity index (χ0v) is 16.0. The molecular formula is C22H33NO2. The first-order valence-corrected chi connectivity index (χ1v) is 9.72. The number of hydrogen-bond acceptors (Lipinski definition) is 3. The third-order valence-corrected chi connectivity index (χ3v) is 4.69. The van der Waals surface area contributed by atoms with Crippen molar-refractivity contribution in [1.29, 1.82) is 0 Å². The molecule has 0 amide bonds. The van der Waals surface area contributed by atoms with E-state index in [1.165, 1.54) is 23.6 Å². The van der Waals surface area contributed by atoms with Crippen LogP contribution in [0.4, 0.5) is 0 Å². The molecule has 3 heteroatoms. The highest BCUT2D eigenvalue weighted by Gasteiger charge is 2.17. The maximum atomic E-state index is 6.15. The second-order valence-electron chi connectivity index (χ2n) is 6.41. The summed E-state index contributed by atoms with van der Waals surface area (Å²) in [5.74, 6) is 0.977. The number of hydrogen-bond donors (Lipinski definition) is 0. The van der Waals surface area contributed by atoms with Crippen molar-refractivity contribution in [2.45, 2.75) is 46.1 Å². The molecule has 0 heterocycles. The first-order chi connectivity index (χ1) is 12.3. The van der Waals surface area contributed by atoms with E-state index >= 15 is 0 Å². The molecule has 3 nitrogen and oxygen atoms in total. The maximum absolute atomic E-state index is 6.15. The summed E-state index contributed by atoms with van der Waals surface area (Å²) in [6, 6.07) is 15.1. The van der Waals surface area contributed by atoms with E-state index in [9.17, 15) is 0 Å². The Bertz CT molecular complexity index is 609. The first kappa shape index (κ1) is 19.7. The Morgan fingerprint density at radius 2 is 1.80 bits per heavy atom. The molecule has 0 spiro atoms. The van der Waals surface area contributed by atoms with Gasteiger partial charge in [0.05, 0.1) is 13.2 Å². The molecule has 25 heavy (non-hydrogen) atoms. The molecule has 0 saturated heterocycles. The van der Waals surface area contributed by atoms with Crippen molar-refractivity contribution in [2.24, 2.45) is 0 Å². The molecule has 0 bridgehead atoms. The minimum absolute atomic E-state index is 0.423. The number of nitrogens with zero attached hydrogens (tertiary/aromatic N) is 1. The van der Waals surface area contributed by atoms with Gasteiger partial charge in [0.1, 0.15) is 5.75 Å². The molecule has 0 N–H and O–H groups in total. The van der Waals surface area contributed by atoms with E-state index in [0.29, 0.717) is 12.6 Å². The molecule has 1 atom stereocenters. The third kappa shape index (κ3) is 6.02. The van der Waals surface area contributed by atoms with E-state index in [-0.39, 0.29) is 0 Å². The highest BCUT2D eigenvalue weighted by Crippen LogP contribution is 2.25. The highest BCUT2D eigenvalue weighted by molar-refractivity contribution is 5.88. The zero-order valence-electron chi connectivity index (χ0n) is 16.0. The van der Waals surface area contributed by atoms with Crippen LogP contribution >= 0.6 is 0 Å². The predicted molar refractivity (Wildman–Crippen MR) is 106 cm³/mol. The average Bonchev–Trinajstić information content (AvgIpc) is 2.66. The summed E-state index contributed by atoms with van der Waals surface area (Å²) in [5.41, 5.74) is 0. The van der Waals surface area contributed by atoms with Crippen LogP contribution in [0.1, 0.15) is 40.0 Å². The van der Waals surface area contributed by atoms with Crippen LogP contribution in [-0.2, 0) is 4.74 Å². The summed E-state index contributed by atoms with van der Waals surface area (Å²) in [6.07, 6.45) is 3.45. The number of rotatable bonds is 12. The molecule has 0 aliphatic heterocycles. The number of likely N-dealkylation sites (N-methyl/N-ethyl adjacent to an activating group) is 1. The van der Waals surface area contributed by atoms with Crippen LogP contribution in [-0.4, -0.2) is 43.9 Å². The number of benzene rings is 2. The lowest BCUT2D eigenvalue weighted by molar-refractivity contribution is 0.0563. The van der Waals surface area contributed by atoms with Crippen molar-refractivity contribution in [3.8, 4) is 5.75 Å². The van der Waals surface area contributed by atoms with Crippen molar-refractivity contribution < 1.29 is 9.47 Å². The van der Waals surface area contributed by atoms with Crippen LogP contribution in [0.25, 0.3) is 10.8 Å². The fourth-order valence-corrected chi connectivity index (χ4v) is 3.21. The van der Waals surface area contributed by atoms with E-state index in [1.807, 2.05) is 0 Å². The van der Waals surface area contributed by atoms with Gasteiger partial charge in [-0.3, -0.25) is 4.90 Å². The van der Waals surface area contributed by atoms with E-state index < -0.39 is 0 Å². The van der Waals surface area contributed by atoms with Crippen LogP contribution in [0.5, 0.6) is 5.75 Å². The van der Waals surface area contributed by atoms with Gasteiger partial charge in [-0.25, -0.2) is 0 Å². The number of fused-ring (bicyclic) bond motifs is 1. The van der Waals surface area contributed by atoms with Gasteiger partial charge < -0.3 is 9.47 Å². The first-order valence-electron chi connectivity index (χ1n) is 9.72. The standard InChI is InChI=1S/C22H33NO2/c1-4-7-16-23(5-2)20(18-24-6-3)15-17-25-22-14-10-12-19-11-8-9-13-21(19)22/h8-14,20H,4-7,15-18H2,1-3H3. The smallest absolute Gasteiger partial charge is 0.127 e. The lowest BCUT2D eigenvalue weighted by atomic mass is 10.1. The predicted octanol–water partition coefficient (Wildman–Crippen LogP) is 5.14. The monoisotopic (exact) mass is 343 g/mol. The molecule has 0 aliphatic carbocycles. The van der Waals surface area contributed by atoms with Gasteiger partial charge >= 0.3 is 0 Å². The average molecular weight is 344 g/mol. The molecule has 0 fully saturated rings. The summed E-state index contributed by atoms with van der Waals surface area (Å²) < 4.78 is 11.9. The van der Waals surface area contributed by atoms with Crippen LogP contribution in [0, 0.1) is 0 Å². The fraction of sp³-hybridized carbons (Fsp3) is 0.545. The normalized spacial score (nSPS) is 12.6. The van der Waals surface area contributed by atoms with E-state index in [0.717, 1.165) is 38.5 Å². The molecular weight excluding hydrogens is 310 g/mol. The van der Waals surface area contributed by atoms with Crippen LogP contribution in [0.3, 0.4) is 0 Å². The summed E-state index contributed by atoms with van der Waals surface area (Å²) >= 11 is 0. The van der Waals surface area contributed by atoms with Crippen molar-refractivity contribution in [1.82, 2.24) is 4.90 Å². The quantitative estimate of drug-likeness (QED) is 0.533. The van der Waals surface area contributed by atoms with E-state index in [1.54, 1.807) is 0 Å². The highest BCUT2D eigenvalue weighted by atomic mass is 16.5. The minimum atomic E-state index is 0.423. The van der Waals surface area contributed by atoms with Crippen molar-refractivity contribution in [3.05, 3.63) is 42.5 Å². The second-order valence-corrected chi connectivity index (χ2v) is 6.41. The van der Waals surface area contributed by atoms with Gasteiger partial charge in [-0.15, -0.1) is 0 Å². The fourth-order valence-electron chi connectivity index (χ4n) is 3.21.